The highest BCUT2D eigenvalue weighted by Gasteiger charge is 2.23. The van der Waals surface area contributed by atoms with E-state index in [1.54, 1.807) is 19.4 Å². The average molecular weight is 478 g/mol. The van der Waals surface area contributed by atoms with Gasteiger partial charge in [-0.1, -0.05) is 71.2 Å². The lowest BCUT2D eigenvalue weighted by Crippen LogP contribution is -2.21. The molecule has 1 amide bonds. The Bertz CT molecular complexity index is 1100. The van der Waals surface area contributed by atoms with Crippen LogP contribution in [-0.2, 0) is 16.8 Å². The van der Waals surface area contributed by atoms with Crippen molar-refractivity contribution in [1.82, 2.24) is 9.78 Å². The van der Waals surface area contributed by atoms with E-state index in [-0.39, 0.29) is 29.4 Å². The zero-order chi connectivity index (χ0) is 25.4. The van der Waals surface area contributed by atoms with Crippen LogP contribution in [0.1, 0.15) is 82.4 Å². The maximum Gasteiger partial charge on any atom is 0.224 e. The molecule has 0 radical (unpaired) electrons. The van der Waals surface area contributed by atoms with Crippen molar-refractivity contribution in [2.75, 3.05) is 12.4 Å². The highest BCUT2D eigenvalue weighted by atomic mass is 16.5. The molecule has 0 aliphatic carbocycles. The van der Waals surface area contributed by atoms with Crippen LogP contribution in [0.3, 0.4) is 0 Å². The summed E-state index contributed by atoms with van der Waals surface area (Å²) in [5.74, 6) is 0.406. The van der Waals surface area contributed by atoms with E-state index in [9.17, 15) is 9.90 Å². The summed E-state index contributed by atoms with van der Waals surface area (Å²) in [6.07, 6.45) is 7.99. The number of carbonyl (C=O) groups is 1. The molecule has 1 atom stereocenters. The van der Waals surface area contributed by atoms with Crippen LogP contribution in [0.4, 0.5) is 5.69 Å². The smallest absolute Gasteiger partial charge is 0.224 e. The van der Waals surface area contributed by atoms with Crippen LogP contribution in [-0.4, -0.2) is 27.9 Å². The molecule has 2 aromatic carbocycles. The molecule has 188 valence electrons. The van der Waals surface area contributed by atoms with Crippen LogP contribution < -0.4 is 10.1 Å². The number of hydrogen-bond acceptors (Lipinski definition) is 4. The number of ether oxygens (including phenoxy) is 1. The molecule has 35 heavy (non-hydrogen) atoms. The summed E-state index contributed by atoms with van der Waals surface area (Å²) >= 11 is 0. The van der Waals surface area contributed by atoms with Crippen molar-refractivity contribution < 1.29 is 14.6 Å². The molecule has 3 rings (SSSR count). The van der Waals surface area contributed by atoms with Crippen LogP contribution in [0.2, 0.25) is 0 Å². The SMILES string of the molecule is CCCCCC(CC(=O)Nc1cc(Cn2cccn2)ccc1C(C)(C)C)c1cccc(OC)c1O. The fourth-order valence-corrected chi connectivity index (χ4v) is 4.49. The average Bonchev–Trinajstić information content (AvgIpc) is 3.31. The first-order valence-electron chi connectivity index (χ1n) is 12.5. The molecule has 0 aliphatic heterocycles. The molecule has 0 spiro atoms. The zero-order valence-electron chi connectivity index (χ0n) is 21.7. The van der Waals surface area contributed by atoms with Crippen molar-refractivity contribution in [2.45, 2.75) is 77.7 Å². The minimum absolute atomic E-state index is 0.0598. The summed E-state index contributed by atoms with van der Waals surface area (Å²) in [4.78, 5) is 13.4. The number of amides is 1. The molecule has 2 N–H and O–H groups in total. The highest BCUT2D eigenvalue weighted by molar-refractivity contribution is 5.92. The fraction of sp³-hybridized carbons (Fsp3) is 0.448. The van der Waals surface area contributed by atoms with Crippen molar-refractivity contribution >= 4 is 11.6 Å². The summed E-state index contributed by atoms with van der Waals surface area (Å²) < 4.78 is 7.18. The van der Waals surface area contributed by atoms with Gasteiger partial charge in [0.2, 0.25) is 5.91 Å². The third-order valence-corrected chi connectivity index (χ3v) is 6.35. The number of phenols is 1. The molecule has 1 unspecified atom stereocenters. The number of carbonyl (C=O) groups excluding carboxylic acids is 1. The van der Waals surface area contributed by atoms with E-state index in [1.165, 1.54) is 0 Å². The third-order valence-electron chi connectivity index (χ3n) is 6.35. The van der Waals surface area contributed by atoms with Gasteiger partial charge in [-0.3, -0.25) is 9.48 Å². The first-order chi connectivity index (χ1) is 16.7. The van der Waals surface area contributed by atoms with Gasteiger partial charge in [0, 0.05) is 30.1 Å². The summed E-state index contributed by atoms with van der Waals surface area (Å²) in [6.45, 7) is 9.24. The quantitative estimate of drug-likeness (QED) is 0.304. The van der Waals surface area contributed by atoms with Crippen molar-refractivity contribution in [3.05, 3.63) is 71.5 Å². The Balaban J connectivity index is 1.85. The van der Waals surface area contributed by atoms with E-state index in [2.05, 4.69) is 56.3 Å². The van der Waals surface area contributed by atoms with Crippen LogP contribution >= 0.6 is 0 Å². The number of rotatable bonds is 11. The molecule has 6 nitrogen and oxygen atoms in total. The summed E-state index contributed by atoms with van der Waals surface area (Å²) in [6, 6.07) is 13.7. The molecular weight excluding hydrogens is 438 g/mol. The summed E-state index contributed by atoms with van der Waals surface area (Å²) in [5, 5.41) is 18.3. The molecule has 0 bridgehead atoms. The minimum Gasteiger partial charge on any atom is -0.504 e. The number of nitrogens with zero attached hydrogens (tertiary/aromatic N) is 2. The lowest BCUT2D eigenvalue weighted by Gasteiger charge is -2.25. The van der Waals surface area contributed by atoms with Crippen LogP contribution in [0.15, 0.2) is 54.9 Å². The number of methoxy groups -OCH3 is 1. The van der Waals surface area contributed by atoms with Gasteiger partial charge in [0.1, 0.15) is 0 Å². The van der Waals surface area contributed by atoms with Gasteiger partial charge < -0.3 is 15.2 Å². The van der Waals surface area contributed by atoms with Crippen LogP contribution in [0.25, 0.3) is 0 Å². The maximum atomic E-state index is 13.4. The number of unbranched alkanes of at least 4 members (excludes halogenated alkanes) is 2. The Labute approximate surface area is 209 Å². The predicted octanol–water partition coefficient (Wildman–Crippen LogP) is 6.64. The second kappa shape index (κ2) is 11.9. The van der Waals surface area contributed by atoms with Crippen molar-refractivity contribution in [1.29, 1.82) is 0 Å². The Kier molecular flexibility index (Phi) is 8.96. The second-order valence-electron chi connectivity index (χ2n) is 10.2. The number of hydrogen-bond donors (Lipinski definition) is 2. The third kappa shape index (κ3) is 7.10. The first-order valence-corrected chi connectivity index (χ1v) is 12.5. The molecule has 0 saturated carbocycles. The van der Waals surface area contributed by atoms with Crippen molar-refractivity contribution in [3.63, 3.8) is 0 Å². The topological polar surface area (TPSA) is 76.4 Å². The molecule has 0 fully saturated rings. The highest BCUT2D eigenvalue weighted by Crippen LogP contribution is 2.39. The standard InChI is InChI=1S/C29H39N3O3/c1-6-7-8-11-22(23-12-9-13-26(35-5)28(23)34)19-27(33)31-25-18-21(20-32-17-10-16-30-32)14-15-24(25)29(2,3)4/h9-10,12-18,22,34H,6-8,11,19-20H2,1-5H3,(H,31,33). The van der Waals surface area contributed by atoms with E-state index < -0.39 is 0 Å². The number of nitrogens with one attached hydrogen (secondary N) is 1. The monoisotopic (exact) mass is 477 g/mol. The van der Waals surface area contributed by atoms with E-state index in [0.717, 1.165) is 48.1 Å². The van der Waals surface area contributed by atoms with E-state index in [1.807, 2.05) is 29.1 Å². The Morgan fingerprint density at radius 1 is 1.17 bits per heavy atom. The van der Waals surface area contributed by atoms with Gasteiger partial charge in [0.25, 0.3) is 0 Å². The molecule has 6 heteroatoms. The van der Waals surface area contributed by atoms with Gasteiger partial charge in [-0.25, -0.2) is 0 Å². The molecule has 0 saturated heterocycles. The molecule has 1 aromatic heterocycles. The molecular formula is C29H39N3O3. The summed E-state index contributed by atoms with van der Waals surface area (Å²) in [7, 11) is 1.54. The molecule has 1 heterocycles. The number of para-hydroxylation sites is 1. The number of benzene rings is 2. The molecule has 3 aromatic rings. The van der Waals surface area contributed by atoms with Gasteiger partial charge in [0.05, 0.1) is 13.7 Å². The zero-order valence-corrected chi connectivity index (χ0v) is 21.7. The first kappa shape index (κ1) is 26.3. The van der Waals surface area contributed by atoms with Gasteiger partial charge in [-0.05, 0) is 47.1 Å². The van der Waals surface area contributed by atoms with E-state index in [0.29, 0.717) is 12.3 Å². The van der Waals surface area contributed by atoms with Gasteiger partial charge in [-0.15, -0.1) is 0 Å². The Morgan fingerprint density at radius 3 is 2.63 bits per heavy atom. The number of anilines is 1. The lowest BCUT2D eigenvalue weighted by atomic mass is 9.85. The maximum absolute atomic E-state index is 13.4. The van der Waals surface area contributed by atoms with Crippen LogP contribution in [0.5, 0.6) is 11.5 Å². The fourth-order valence-electron chi connectivity index (χ4n) is 4.49. The normalized spacial score (nSPS) is 12.4. The lowest BCUT2D eigenvalue weighted by molar-refractivity contribution is -0.116. The Morgan fingerprint density at radius 2 is 1.97 bits per heavy atom. The number of phenolic OH excluding ortho intramolecular Hbond substituents is 1. The summed E-state index contributed by atoms with van der Waals surface area (Å²) in [5.41, 5.74) is 3.62. The Hall–Kier alpha value is -3.28. The van der Waals surface area contributed by atoms with Crippen molar-refractivity contribution in [3.8, 4) is 11.5 Å². The predicted molar refractivity (Wildman–Crippen MR) is 141 cm³/mol. The minimum atomic E-state index is -0.127. The number of aromatic hydroxyl groups is 1. The largest absolute Gasteiger partial charge is 0.504 e. The van der Waals surface area contributed by atoms with Crippen LogP contribution in [0, 0.1) is 0 Å². The van der Waals surface area contributed by atoms with Gasteiger partial charge >= 0.3 is 0 Å². The number of aromatic nitrogens is 2. The van der Waals surface area contributed by atoms with Gasteiger partial charge in [0.15, 0.2) is 11.5 Å². The molecule has 0 aliphatic rings. The van der Waals surface area contributed by atoms with Gasteiger partial charge in [-0.2, -0.15) is 5.10 Å². The van der Waals surface area contributed by atoms with E-state index >= 15 is 0 Å². The second-order valence-corrected chi connectivity index (χ2v) is 10.2. The van der Waals surface area contributed by atoms with E-state index in [4.69, 9.17) is 4.74 Å². The van der Waals surface area contributed by atoms with Crippen molar-refractivity contribution in [2.24, 2.45) is 0 Å².